The Bertz CT molecular complexity index is 982. The fourth-order valence-corrected chi connectivity index (χ4v) is 5.43. The number of hydrogen-bond acceptors (Lipinski definition) is 6. The van der Waals surface area contributed by atoms with Gasteiger partial charge >= 0.3 is 5.63 Å². The highest BCUT2D eigenvalue weighted by Crippen LogP contribution is 2.36. The van der Waals surface area contributed by atoms with Gasteiger partial charge in [0.1, 0.15) is 11.3 Å². The molecule has 1 aliphatic rings. The molecule has 2 N–H and O–H groups in total. The number of hydrogen-bond donors (Lipinski definition) is 2. The van der Waals surface area contributed by atoms with Crippen LogP contribution in [0, 0.1) is 6.92 Å². The van der Waals surface area contributed by atoms with Gasteiger partial charge < -0.3 is 14.8 Å². The van der Waals surface area contributed by atoms with Gasteiger partial charge in [0.2, 0.25) is 0 Å². The van der Waals surface area contributed by atoms with Crippen LogP contribution in [0.4, 0.5) is 0 Å². The monoisotopic (exact) mass is 371 g/mol. The fourth-order valence-electron chi connectivity index (χ4n) is 3.08. The summed E-state index contributed by atoms with van der Waals surface area (Å²) in [4.78, 5) is 11.7. The Morgan fingerprint density at radius 1 is 1.42 bits per heavy atom. The number of fused-ring (bicyclic) bond motifs is 1. The van der Waals surface area contributed by atoms with Gasteiger partial charge in [0.15, 0.2) is 9.84 Å². The lowest BCUT2D eigenvalue weighted by atomic mass is 10.0. The quantitative estimate of drug-likeness (QED) is 0.802. The second-order valence-corrected chi connectivity index (χ2v) is 9.16. The third-order valence-electron chi connectivity index (χ3n) is 4.46. The minimum Gasteiger partial charge on any atom is -0.506 e. The van der Waals surface area contributed by atoms with E-state index in [1.54, 1.807) is 13.0 Å². The summed E-state index contributed by atoms with van der Waals surface area (Å²) in [5.41, 5.74) is 0.198. The molecule has 24 heavy (non-hydrogen) atoms. The van der Waals surface area contributed by atoms with Crippen LogP contribution in [-0.2, 0) is 16.4 Å². The largest absolute Gasteiger partial charge is 0.506 e. The smallest absolute Gasteiger partial charge is 0.336 e. The molecule has 1 saturated heterocycles. The molecular weight excluding hydrogens is 354 g/mol. The summed E-state index contributed by atoms with van der Waals surface area (Å²) in [6.07, 6.45) is 0.484. The first-order chi connectivity index (χ1) is 11.1. The van der Waals surface area contributed by atoms with Crippen molar-refractivity contribution in [2.45, 2.75) is 32.4 Å². The number of nitrogens with one attached hydrogen (secondary N) is 1. The second-order valence-electron chi connectivity index (χ2n) is 6.57. The van der Waals surface area contributed by atoms with Gasteiger partial charge in [-0.3, -0.25) is 0 Å². The molecular formula is C16H18ClNO5S. The van der Waals surface area contributed by atoms with Crippen molar-refractivity contribution in [3.63, 3.8) is 0 Å². The molecule has 6 nitrogen and oxygen atoms in total. The van der Waals surface area contributed by atoms with E-state index in [1.807, 2.05) is 6.92 Å². The Morgan fingerprint density at radius 3 is 2.75 bits per heavy atom. The summed E-state index contributed by atoms with van der Waals surface area (Å²) >= 11 is 6.09. The molecule has 1 atom stereocenters. The summed E-state index contributed by atoms with van der Waals surface area (Å²) in [5.74, 6) is -0.00951. The Kier molecular flexibility index (Phi) is 4.14. The summed E-state index contributed by atoms with van der Waals surface area (Å²) in [6, 6.07) is 2.91. The Balaban J connectivity index is 2.03. The zero-order valence-corrected chi connectivity index (χ0v) is 14.9. The lowest BCUT2D eigenvalue weighted by molar-refractivity contribution is 0.387. The van der Waals surface area contributed by atoms with Gasteiger partial charge in [0, 0.05) is 23.5 Å². The molecule has 0 radical (unpaired) electrons. The van der Waals surface area contributed by atoms with Crippen molar-refractivity contribution in [2.75, 3.05) is 11.5 Å². The first-order valence-electron chi connectivity index (χ1n) is 7.50. The Morgan fingerprint density at radius 2 is 2.12 bits per heavy atom. The molecule has 3 rings (SSSR count). The van der Waals surface area contributed by atoms with Gasteiger partial charge in [-0.25, -0.2) is 13.2 Å². The van der Waals surface area contributed by atoms with Gasteiger partial charge in [-0.05, 0) is 31.9 Å². The number of halogens is 1. The van der Waals surface area contributed by atoms with Crippen LogP contribution in [0.5, 0.6) is 5.75 Å². The van der Waals surface area contributed by atoms with Crippen molar-refractivity contribution in [1.82, 2.24) is 5.32 Å². The highest BCUT2D eigenvalue weighted by Gasteiger charge is 2.38. The van der Waals surface area contributed by atoms with E-state index in [0.717, 1.165) is 0 Å². The van der Waals surface area contributed by atoms with Crippen LogP contribution in [0.2, 0.25) is 5.02 Å². The van der Waals surface area contributed by atoms with E-state index in [2.05, 4.69) is 5.32 Å². The Hall–Kier alpha value is -1.57. The topological polar surface area (TPSA) is 96.6 Å². The first kappa shape index (κ1) is 17.3. The number of aromatic hydroxyl groups is 1. The number of rotatable bonds is 3. The molecule has 130 valence electrons. The number of aryl methyl sites for hydroxylation is 1. The number of benzene rings is 1. The van der Waals surface area contributed by atoms with Crippen LogP contribution >= 0.6 is 11.6 Å². The molecule has 1 aromatic heterocycles. The maximum atomic E-state index is 11.7. The molecule has 1 aromatic carbocycles. The number of phenols is 1. The average Bonchev–Trinajstić information content (AvgIpc) is 2.75. The molecule has 1 aliphatic heterocycles. The van der Waals surface area contributed by atoms with Crippen LogP contribution in [0.25, 0.3) is 11.0 Å². The summed E-state index contributed by atoms with van der Waals surface area (Å²) < 4.78 is 28.7. The van der Waals surface area contributed by atoms with Crippen molar-refractivity contribution < 1.29 is 17.9 Å². The molecule has 1 fully saturated rings. The normalized spacial score (nSPS) is 23.0. The summed E-state index contributed by atoms with van der Waals surface area (Å²) in [6.45, 7) is 3.72. The third kappa shape index (κ3) is 3.16. The third-order valence-corrected chi connectivity index (χ3v) is 6.65. The van der Waals surface area contributed by atoms with E-state index >= 15 is 0 Å². The van der Waals surface area contributed by atoms with E-state index in [-0.39, 0.29) is 34.4 Å². The molecule has 1 unspecified atom stereocenters. The van der Waals surface area contributed by atoms with Crippen molar-refractivity contribution in [3.05, 3.63) is 38.7 Å². The van der Waals surface area contributed by atoms with E-state index in [4.69, 9.17) is 16.0 Å². The van der Waals surface area contributed by atoms with Crippen LogP contribution < -0.4 is 10.9 Å². The average molecular weight is 372 g/mol. The predicted molar refractivity (Wildman–Crippen MR) is 92.4 cm³/mol. The maximum Gasteiger partial charge on any atom is 0.336 e. The molecule has 0 saturated carbocycles. The van der Waals surface area contributed by atoms with E-state index in [1.165, 1.54) is 6.07 Å². The number of phenolic OH excluding ortho intramolecular Hbond substituents is 1. The van der Waals surface area contributed by atoms with E-state index < -0.39 is 21.0 Å². The Labute approximate surface area is 144 Å². The van der Waals surface area contributed by atoms with Gasteiger partial charge in [0.05, 0.1) is 22.1 Å². The molecule has 0 bridgehead atoms. The van der Waals surface area contributed by atoms with Crippen LogP contribution in [0.3, 0.4) is 0 Å². The summed E-state index contributed by atoms with van der Waals surface area (Å²) in [7, 11) is -3.06. The lowest BCUT2D eigenvalue weighted by Crippen LogP contribution is -2.42. The molecule has 2 heterocycles. The minimum atomic E-state index is -3.06. The van der Waals surface area contributed by atoms with Crippen LogP contribution in [0.15, 0.2) is 21.3 Å². The number of sulfone groups is 1. The lowest BCUT2D eigenvalue weighted by Gasteiger charge is -2.24. The van der Waals surface area contributed by atoms with Crippen molar-refractivity contribution in [3.8, 4) is 5.75 Å². The van der Waals surface area contributed by atoms with Crippen molar-refractivity contribution in [1.29, 1.82) is 0 Å². The second kappa shape index (κ2) is 5.75. The van der Waals surface area contributed by atoms with Gasteiger partial charge in [-0.2, -0.15) is 0 Å². The standard InChI is InChI=1S/C16H18ClNO5S/c1-9-5-13(19)23-15-10(9)6-12(17)14(20)11(15)7-18-16(2)3-4-24(21,22)8-16/h5-6,18,20H,3-4,7-8H2,1-2H3. The zero-order valence-electron chi connectivity index (χ0n) is 13.3. The summed E-state index contributed by atoms with van der Waals surface area (Å²) in [5, 5.41) is 14.2. The van der Waals surface area contributed by atoms with E-state index in [0.29, 0.717) is 22.9 Å². The highest BCUT2D eigenvalue weighted by molar-refractivity contribution is 7.91. The zero-order chi connectivity index (χ0) is 17.7. The molecule has 0 aliphatic carbocycles. The molecule has 0 amide bonds. The molecule has 2 aromatic rings. The van der Waals surface area contributed by atoms with Crippen LogP contribution in [-0.4, -0.2) is 30.6 Å². The maximum absolute atomic E-state index is 11.7. The van der Waals surface area contributed by atoms with Crippen molar-refractivity contribution in [2.24, 2.45) is 0 Å². The van der Waals surface area contributed by atoms with Crippen molar-refractivity contribution >= 4 is 32.4 Å². The van der Waals surface area contributed by atoms with Crippen LogP contribution in [0.1, 0.15) is 24.5 Å². The van der Waals surface area contributed by atoms with Gasteiger partial charge in [-0.15, -0.1) is 0 Å². The first-order valence-corrected chi connectivity index (χ1v) is 9.70. The van der Waals surface area contributed by atoms with E-state index in [9.17, 15) is 18.3 Å². The predicted octanol–water partition coefficient (Wildman–Crippen LogP) is 2.13. The SMILES string of the molecule is Cc1cc(=O)oc2c(CNC3(C)CCS(=O)(=O)C3)c(O)c(Cl)cc12. The van der Waals surface area contributed by atoms with Gasteiger partial charge in [-0.1, -0.05) is 11.6 Å². The molecule has 0 spiro atoms. The van der Waals surface area contributed by atoms with Gasteiger partial charge in [0.25, 0.3) is 0 Å². The highest BCUT2D eigenvalue weighted by atomic mass is 35.5. The fraction of sp³-hybridized carbons (Fsp3) is 0.438. The minimum absolute atomic E-state index is 0.0300. The molecule has 8 heteroatoms.